The van der Waals surface area contributed by atoms with Gasteiger partial charge in [0, 0.05) is 13.2 Å². The standard InChI is InChI=1S/C6H6N4S2/c1-10-4(2-3-7-10)5-8-9-6(11)12-5/h2-3H,1H3,(H,9,11). The van der Waals surface area contributed by atoms with Crippen LogP contribution in [0, 0.1) is 3.95 Å². The molecule has 0 unspecified atom stereocenters. The molecule has 0 saturated heterocycles. The fourth-order valence-corrected chi connectivity index (χ4v) is 1.87. The fraction of sp³-hybridized carbons (Fsp3) is 0.167. The minimum absolute atomic E-state index is 0.686. The molecule has 0 saturated carbocycles. The molecule has 0 atom stereocenters. The van der Waals surface area contributed by atoms with Crippen LogP contribution in [0.5, 0.6) is 0 Å². The summed E-state index contributed by atoms with van der Waals surface area (Å²) in [7, 11) is 1.87. The van der Waals surface area contributed by atoms with Crippen LogP contribution >= 0.6 is 23.6 Å². The first kappa shape index (κ1) is 7.63. The third-order valence-electron chi connectivity index (χ3n) is 1.48. The third-order valence-corrected chi connectivity index (χ3v) is 2.59. The Hall–Kier alpha value is -1.01. The zero-order valence-electron chi connectivity index (χ0n) is 6.31. The molecule has 0 radical (unpaired) electrons. The van der Waals surface area contributed by atoms with Crippen molar-refractivity contribution in [3.63, 3.8) is 0 Å². The molecule has 0 amide bonds. The van der Waals surface area contributed by atoms with Crippen molar-refractivity contribution in [2.75, 3.05) is 0 Å². The Bertz CT molecular complexity index is 438. The largest absolute Gasteiger partial charge is 0.265 e. The summed E-state index contributed by atoms with van der Waals surface area (Å²) in [6.45, 7) is 0. The van der Waals surface area contributed by atoms with Gasteiger partial charge in [0.2, 0.25) is 0 Å². The van der Waals surface area contributed by atoms with E-state index in [0.717, 1.165) is 10.7 Å². The number of H-pyrrole nitrogens is 1. The molecule has 2 aromatic heterocycles. The van der Waals surface area contributed by atoms with Crippen molar-refractivity contribution in [2.45, 2.75) is 0 Å². The number of aromatic amines is 1. The van der Waals surface area contributed by atoms with Gasteiger partial charge in [0.15, 0.2) is 8.96 Å². The lowest BCUT2D eigenvalue weighted by atomic mass is 10.4. The average Bonchev–Trinajstić information content (AvgIpc) is 2.58. The first-order valence-corrected chi connectivity index (χ1v) is 4.54. The predicted molar refractivity (Wildman–Crippen MR) is 49.5 cm³/mol. The number of hydrogen-bond donors (Lipinski definition) is 1. The van der Waals surface area contributed by atoms with E-state index in [-0.39, 0.29) is 0 Å². The van der Waals surface area contributed by atoms with Gasteiger partial charge in [-0.1, -0.05) is 11.3 Å². The van der Waals surface area contributed by atoms with Gasteiger partial charge in [-0.25, -0.2) is 0 Å². The van der Waals surface area contributed by atoms with E-state index >= 15 is 0 Å². The summed E-state index contributed by atoms with van der Waals surface area (Å²) in [4.78, 5) is 0. The summed E-state index contributed by atoms with van der Waals surface area (Å²) in [5, 5.41) is 11.7. The second-order valence-corrected chi connectivity index (χ2v) is 3.92. The molecule has 0 aliphatic rings. The van der Waals surface area contributed by atoms with E-state index in [1.165, 1.54) is 11.3 Å². The van der Waals surface area contributed by atoms with Crippen molar-refractivity contribution in [1.82, 2.24) is 20.0 Å². The lowest BCUT2D eigenvalue weighted by Gasteiger charge is -1.93. The summed E-state index contributed by atoms with van der Waals surface area (Å²) in [6, 6.07) is 1.90. The van der Waals surface area contributed by atoms with E-state index in [2.05, 4.69) is 15.3 Å². The van der Waals surface area contributed by atoms with Crippen LogP contribution in [-0.2, 0) is 7.05 Å². The molecule has 0 bridgehead atoms. The maximum Gasteiger partial charge on any atom is 0.176 e. The number of rotatable bonds is 1. The van der Waals surface area contributed by atoms with Crippen LogP contribution in [0.15, 0.2) is 12.3 Å². The van der Waals surface area contributed by atoms with Crippen molar-refractivity contribution in [2.24, 2.45) is 7.05 Å². The highest BCUT2D eigenvalue weighted by Gasteiger charge is 2.04. The van der Waals surface area contributed by atoms with Gasteiger partial charge in [0.1, 0.15) is 0 Å². The highest BCUT2D eigenvalue weighted by molar-refractivity contribution is 7.73. The van der Waals surface area contributed by atoms with Gasteiger partial charge in [-0.3, -0.25) is 9.78 Å². The molecule has 2 heterocycles. The van der Waals surface area contributed by atoms with Gasteiger partial charge in [-0.2, -0.15) is 10.2 Å². The smallest absolute Gasteiger partial charge is 0.176 e. The molecule has 1 N–H and O–H groups in total. The molecule has 0 fully saturated rings. The molecular formula is C6H6N4S2. The second kappa shape index (κ2) is 2.80. The topological polar surface area (TPSA) is 46.5 Å². The third kappa shape index (κ3) is 1.19. The number of nitrogens with one attached hydrogen (secondary N) is 1. The van der Waals surface area contributed by atoms with Crippen LogP contribution in [0.2, 0.25) is 0 Å². The summed E-state index contributed by atoms with van der Waals surface area (Å²) in [5.41, 5.74) is 0.979. The van der Waals surface area contributed by atoms with E-state index in [0.29, 0.717) is 3.95 Å². The number of aromatic nitrogens is 4. The predicted octanol–water partition coefficient (Wildman–Crippen LogP) is 1.60. The van der Waals surface area contributed by atoms with Crippen molar-refractivity contribution < 1.29 is 0 Å². The van der Waals surface area contributed by atoms with Gasteiger partial charge in [-0.05, 0) is 18.3 Å². The molecule has 0 aliphatic heterocycles. The van der Waals surface area contributed by atoms with Gasteiger partial charge >= 0.3 is 0 Å². The monoisotopic (exact) mass is 198 g/mol. The van der Waals surface area contributed by atoms with E-state index in [4.69, 9.17) is 12.2 Å². The summed E-state index contributed by atoms with van der Waals surface area (Å²) >= 11 is 6.37. The minimum Gasteiger partial charge on any atom is -0.265 e. The lowest BCUT2D eigenvalue weighted by Crippen LogP contribution is -1.92. The van der Waals surface area contributed by atoms with Crippen molar-refractivity contribution in [1.29, 1.82) is 0 Å². The van der Waals surface area contributed by atoms with E-state index in [9.17, 15) is 0 Å². The zero-order chi connectivity index (χ0) is 8.55. The Balaban J connectivity index is 2.57. The quantitative estimate of drug-likeness (QED) is 0.708. The molecular weight excluding hydrogens is 192 g/mol. The first-order chi connectivity index (χ1) is 5.77. The fourth-order valence-electron chi connectivity index (χ4n) is 0.923. The lowest BCUT2D eigenvalue weighted by molar-refractivity contribution is 0.774. The summed E-state index contributed by atoms with van der Waals surface area (Å²) in [6.07, 6.45) is 1.74. The second-order valence-electron chi connectivity index (χ2n) is 2.26. The van der Waals surface area contributed by atoms with Crippen LogP contribution in [0.25, 0.3) is 10.7 Å². The molecule has 6 heteroatoms. The maximum atomic E-state index is 4.92. The number of aryl methyl sites for hydroxylation is 1. The highest BCUT2D eigenvalue weighted by atomic mass is 32.1. The first-order valence-electron chi connectivity index (χ1n) is 3.31. The number of hydrogen-bond acceptors (Lipinski definition) is 4. The van der Waals surface area contributed by atoms with Crippen molar-refractivity contribution in [3.05, 3.63) is 16.2 Å². The van der Waals surface area contributed by atoms with Crippen LogP contribution in [0.1, 0.15) is 0 Å². The summed E-state index contributed by atoms with van der Waals surface area (Å²) in [5.74, 6) is 0. The van der Waals surface area contributed by atoms with Crippen LogP contribution < -0.4 is 0 Å². The maximum absolute atomic E-state index is 4.92. The number of nitrogens with zero attached hydrogens (tertiary/aromatic N) is 3. The molecule has 0 aliphatic carbocycles. The van der Waals surface area contributed by atoms with Crippen LogP contribution in [0.4, 0.5) is 0 Å². The molecule has 2 aromatic rings. The Morgan fingerprint density at radius 1 is 1.67 bits per heavy atom. The molecule has 62 valence electrons. The zero-order valence-corrected chi connectivity index (χ0v) is 7.95. The van der Waals surface area contributed by atoms with Crippen molar-refractivity contribution in [3.8, 4) is 10.7 Å². The van der Waals surface area contributed by atoms with Crippen LogP contribution in [0.3, 0.4) is 0 Å². The Labute approximate surface area is 77.9 Å². The van der Waals surface area contributed by atoms with Crippen LogP contribution in [-0.4, -0.2) is 20.0 Å². The molecule has 2 rings (SSSR count). The van der Waals surface area contributed by atoms with E-state index < -0.39 is 0 Å². The minimum atomic E-state index is 0.686. The Kier molecular flexibility index (Phi) is 1.78. The van der Waals surface area contributed by atoms with E-state index in [1.54, 1.807) is 10.9 Å². The van der Waals surface area contributed by atoms with E-state index in [1.807, 2.05) is 13.1 Å². The normalized spacial score (nSPS) is 10.4. The van der Waals surface area contributed by atoms with Gasteiger partial charge < -0.3 is 0 Å². The molecule has 4 nitrogen and oxygen atoms in total. The molecule has 0 aromatic carbocycles. The average molecular weight is 198 g/mol. The Morgan fingerprint density at radius 3 is 3.00 bits per heavy atom. The van der Waals surface area contributed by atoms with Gasteiger partial charge in [0.05, 0.1) is 5.69 Å². The SMILES string of the molecule is Cn1nccc1-c1n[nH]c(=S)s1. The van der Waals surface area contributed by atoms with Crippen molar-refractivity contribution >= 4 is 23.6 Å². The Morgan fingerprint density at radius 2 is 2.50 bits per heavy atom. The molecule has 0 spiro atoms. The summed E-state index contributed by atoms with van der Waals surface area (Å²) < 4.78 is 2.45. The highest BCUT2D eigenvalue weighted by Crippen LogP contribution is 2.19. The molecule has 12 heavy (non-hydrogen) atoms. The van der Waals surface area contributed by atoms with Gasteiger partial charge in [-0.15, -0.1) is 0 Å². The van der Waals surface area contributed by atoms with Gasteiger partial charge in [0.25, 0.3) is 0 Å².